The fraction of sp³-hybridized carbons (Fsp3) is 0.844. The van der Waals surface area contributed by atoms with Crippen LogP contribution in [0.2, 0.25) is 0 Å². The maximum Gasteiger partial charge on any atom is 0.311 e. The minimum atomic E-state index is -0.287. The van der Waals surface area contributed by atoms with Crippen molar-refractivity contribution in [1.29, 1.82) is 0 Å². The summed E-state index contributed by atoms with van der Waals surface area (Å²) < 4.78 is 25.4. The number of nitrogens with zero attached hydrogens (tertiary/aromatic N) is 5. The Bertz CT molecular complexity index is 1980. The van der Waals surface area contributed by atoms with Gasteiger partial charge in [0.15, 0.2) is 0 Å². The third-order valence-corrected chi connectivity index (χ3v) is 15.4. The average molecular weight is 1190 g/mol. The molecule has 0 N–H and O–H groups in total. The van der Waals surface area contributed by atoms with Crippen LogP contribution in [0.5, 0.6) is 0 Å². The first-order valence-electron chi connectivity index (χ1n) is 32.1. The molecule has 0 bridgehead atoms. The summed E-state index contributed by atoms with van der Waals surface area (Å²) in [5.41, 5.74) is -0.208. The average Bonchev–Trinajstić information content (AvgIpc) is 4.51. The van der Waals surface area contributed by atoms with Gasteiger partial charge in [-0.3, -0.25) is 47.9 Å². The maximum absolute atomic E-state index is 11.9. The zero-order chi connectivity index (χ0) is 63.0. The summed E-state index contributed by atoms with van der Waals surface area (Å²) >= 11 is 0. The molecular formula is C64H113N5O15. The molecule has 20 nitrogen and oxygen atoms in total. The fourth-order valence-corrected chi connectivity index (χ4v) is 9.96. The molecule has 5 unspecified atom stereocenters. The molecule has 0 spiro atoms. The van der Waals surface area contributed by atoms with Crippen LogP contribution in [0.3, 0.4) is 0 Å². The van der Waals surface area contributed by atoms with Crippen molar-refractivity contribution in [3.05, 3.63) is 0 Å². The summed E-state index contributed by atoms with van der Waals surface area (Å²) in [4.78, 5) is 124. The Morgan fingerprint density at radius 2 is 0.655 bits per heavy atom. The molecule has 5 aliphatic rings. The number of carbonyl (C=O) groups is 10. The lowest BCUT2D eigenvalue weighted by Crippen LogP contribution is -2.42. The van der Waals surface area contributed by atoms with E-state index in [4.69, 9.17) is 18.9 Å². The van der Waals surface area contributed by atoms with E-state index in [2.05, 4.69) is 39.4 Å². The molecule has 5 aliphatic heterocycles. The molecule has 84 heavy (non-hydrogen) atoms. The number of ether oxygens (including phenoxy) is 5. The van der Waals surface area contributed by atoms with Crippen LogP contribution in [0.4, 0.5) is 0 Å². The Hall–Kier alpha value is -5.30. The second-order valence-corrected chi connectivity index (χ2v) is 24.1. The second kappa shape index (κ2) is 44.2. The highest BCUT2D eigenvalue weighted by atomic mass is 16.5. The lowest BCUT2D eigenvalue weighted by Gasteiger charge is -2.31. The van der Waals surface area contributed by atoms with Crippen molar-refractivity contribution in [2.45, 2.75) is 228 Å². The molecule has 0 aromatic carbocycles. The summed E-state index contributed by atoms with van der Waals surface area (Å²) in [6.45, 7) is 24.7. The molecule has 5 rings (SSSR count). The van der Waals surface area contributed by atoms with Gasteiger partial charge in [0.1, 0.15) is 0 Å². The van der Waals surface area contributed by atoms with Crippen molar-refractivity contribution in [3.8, 4) is 0 Å². The van der Waals surface area contributed by atoms with Crippen LogP contribution in [-0.2, 0) is 71.6 Å². The zero-order valence-electron chi connectivity index (χ0n) is 54.2. The highest BCUT2D eigenvalue weighted by molar-refractivity contribution is 5.89. The summed E-state index contributed by atoms with van der Waals surface area (Å²) in [7, 11) is 4.78. The molecule has 0 aromatic heterocycles. The normalized spacial score (nSPS) is 20.1. The number of carbonyl (C=O) groups excluding carboxylic acids is 10. The van der Waals surface area contributed by atoms with Gasteiger partial charge in [-0.15, -0.1) is 0 Å². The molecule has 5 fully saturated rings. The summed E-state index contributed by atoms with van der Waals surface area (Å²) in [5.74, 6) is -2.06. The molecule has 484 valence electrons. The Labute approximate surface area is 505 Å². The fourth-order valence-electron chi connectivity index (χ4n) is 9.96. The van der Waals surface area contributed by atoms with Crippen LogP contribution in [0.25, 0.3) is 0 Å². The van der Waals surface area contributed by atoms with Gasteiger partial charge in [-0.1, -0.05) is 131 Å². The van der Waals surface area contributed by atoms with Gasteiger partial charge in [-0.05, 0) is 59.3 Å². The molecule has 5 saturated heterocycles. The largest absolute Gasteiger partial charge is 0.469 e. The molecule has 5 heterocycles. The predicted molar refractivity (Wildman–Crippen MR) is 323 cm³/mol. The highest BCUT2D eigenvalue weighted by Crippen LogP contribution is 2.27. The number of hydrogen-bond acceptors (Lipinski definition) is 15. The molecule has 5 atom stereocenters. The van der Waals surface area contributed by atoms with Gasteiger partial charge in [0.25, 0.3) is 0 Å². The van der Waals surface area contributed by atoms with E-state index in [9.17, 15) is 47.9 Å². The molecule has 0 saturated carbocycles. The number of methoxy groups -OCH3 is 1. The van der Waals surface area contributed by atoms with Crippen molar-refractivity contribution in [2.75, 3.05) is 93.4 Å². The molecule has 0 aromatic rings. The van der Waals surface area contributed by atoms with E-state index >= 15 is 0 Å². The lowest BCUT2D eigenvalue weighted by atomic mass is 10.1. The van der Waals surface area contributed by atoms with Crippen molar-refractivity contribution in [1.82, 2.24) is 24.5 Å². The first-order valence-corrected chi connectivity index (χ1v) is 32.1. The van der Waals surface area contributed by atoms with Gasteiger partial charge < -0.3 is 48.2 Å². The van der Waals surface area contributed by atoms with E-state index in [0.29, 0.717) is 84.8 Å². The van der Waals surface area contributed by atoms with Crippen molar-refractivity contribution < 1.29 is 71.6 Å². The third kappa shape index (κ3) is 31.2. The van der Waals surface area contributed by atoms with Gasteiger partial charge in [0.05, 0.1) is 63.1 Å². The van der Waals surface area contributed by atoms with Crippen LogP contribution < -0.4 is 0 Å². The van der Waals surface area contributed by atoms with Gasteiger partial charge in [-0.25, -0.2) is 0 Å². The van der Waals surface area contributed by atoms with E-state index in [1.54, 1.807) is 38.6 Å². The Morgan fingerprint density at radius 1 is 0.369 bits per heavy atom. The van der Waals surface area contributed by atoms with Gasteiger partial charge in [0, 0.05) is 97.6 Å². The molecule has 0 radical (unpaired) electrons. The second-order valence-electron chi connectivity index (χ2n) is 24.1. The number of amides is 5. The molecule has 0 aliphatic carbocycles. The minimum absolute atomic E-state index is 0.0300. The molecule has 20 heteroatoms. The SMILES string of the molecule is CCCCCCCCOC(=O)C1CC(=O)N(CCCC)C1.CCCCCCOC(=O)C1CC(=O)N(C)C1.CCCCCCOC(=O)C1CC(=O)N(CCCC)C1.CCCCOC(=O)C1CC(=O)N(C)C1.COC(=O)C1CC(=O)N(C(C)(C)C)C1. The number of hydrogen-bond donors (Lipinski definition) is 0. The Kier molecular flexibility index (Phi) is 40.4. The maximum atomic E-state index is 11.9. The van der Waals surface area contributed by atoms with Crippen LogP contribution in [0, 0.1) is 29.6 Å². The van der Waals surface area contributed by atoms with E-state index in [0.717, 1.165) is 90.1 Å². The van der Waals surface area contributed by atoms with Gasteiger partial charge in [-0.2, -0.15) is 0 Å². The smallest absolute Gasteiger partial charge is 0.311 e. The minimum Gasteiger partial charge on any atom is -0.469 e. The monoisotopic (exact) mass is 1190 g/mol. The third-order valence-electron chi connectivity index (χ3n) is 15.4. The summed E-state index contributed by atoms with van der Waals surface area (Å²) in [6, 6.07) is 0. The van der Waals surface area contributed by atoms with Crippen molar-refractivity contribution in [3.63, 3.8) is 0 Å². The first-order chi connectivity index (χ1) is 40.0. The van der Waals surface area contributed by atoms with Crippen LogP contribution >= 0.6 is 0 Å². The first kappa shape index (κ1) is 76.7. The van der Waals surface area contributed by atoms with Crippen LogP contribution in [0.1, 0.15) is 223 Å². The Balaban J connectivity index is 0.000000530. The summed E-state index contributed by atoms with van der Waals surface area (Å²) in [6.07, 6.45) is 23.5. The van der Waals surface area contributed by atoms with Gasteiger partial charge >= 0.3 is 29.8 Å². The lowest BCUT2D eigenvalue weighted by molar-refractivity contribution is -0.149. The van der Waals surface area contributed by atoms with E-state index < -0.39 is 0 Å². The van der Waals surface area contributed by atoms with E-state index in [1.807, 2.05) is 27.7 Å². The summed E-state index contributed by atoms with van der Waals surface area (Å²) in [5, 5.41) is 0. The standard InChI is InChI=1S/C17H31NO3.C15H27NO3.C12H21NO3.2C10H17NO3/c1-3-5-7-8-9-10-12-21-17(20)15-13-16(19)18(14-15)11-6-4-2;1-3-5-7-8-10-19-15(18)13-11-14(17)16(12-13)9-6-4-2;1-3-4-5-6-7-16-12(15)10-8-11(14)13(2)9-10;1-10(2,3)11-6-7(5-8(11)12)9(13)14-4;1-3-4-5-14-10(13)8-6-9(12)11(2)7-8/h15H,3-14H2,1-2H3;13H,3-12H2,1-2H3;10H,3-9H2,1-2H3;7H,5-6H2,1-4H3;8H,3-7H2,1-2H3. The zero-order valence-corrected chi connectivity index (χ0v) is 54.2. The number of rotatable bonds is 31. The van der Waals surface area contributed by atoms with Crippen LogP contribution in [0.15, 0.2) is 0 Å². The molecular weight excluding hydrogens is 1080 g/mol. The van der Waals surface area contributed by atoms with E-state index in [1.165, 1.54) is 58.5 Å². The number of esters is 5. The predicted octanol–water partition coefficient (Wildman–Crippen LogP) is 9.50. The van der Waals surface area contributed by atoms with Crippen LogP contribution in [-0.4, -0.2) is 183 Å². The molecule has 5 amide bonds. The topological polar surface area (TPSA) is 233 Å². The van der Waals surface area contributed by atoms with Crippen molar-refractivity contribution >= 4 is 59.4 Å². The number of likely N-dealkylation sites (tertiary alicyclic amines) is 5. The van der Waals surface area contributed by atoms with Gasteiger partial charge in [0.2, 0.25) is 29.5 Å². The Morgan fingerprint density at radius 3 is 0.964 bits per heavy atom. The van der Waals surface area contributed by atoms with Crippen molar-refractivity contribution in [2.24, 2.45) is 29.6 Å². The quantitative estimate of drug-likeness (QED) is 0.0357. The number of unbranched alkanes of at least 4 members (excludes halogenated alkanes) is 14. The highest BCUT2D eigenvalue weighted by Gasteiger charge is 2.40. The van der Waals surface area contributed by atoms with E-state index in [-0.39, 0.29) is 101 Å².